The van der Waals surface area contributed by atoms with Crippen molar-refractivity contribution in [2.45, 2.75) is 20.8 Å². The number of aryl methyl sites for hydroxylation is 3. The van der Waals surface area contributed by atoms with Gasteiger partial charge in [0.2, 0.25) is 0 Å². The van der Waals surface area contributed by atoms with E-state index in [0.29, 0.717) is 22.9 Å². The number of aromatic hydroxyl groups is 3. The van der Waals surface area contributed by atoms with Crippen molar-refractivity contribution < 1.29 is 20.1 Å². The van der Waals surface area contributed by atoms with Crippen LogP contribution in [0.25, 0.3) is 0 Å². The molecule has 0 radical (unpaired) electrons. The fourth-order valence-electron chi connectivity index (χ4n) is 3.54. The predicted octanol–water partition coefficient (Wildman–Crippen LogP) is 6.99. The first-order chi connectivity index (χ1) is 15.3. The quantitative estimate of drug-likeness (QED) is 0.320. The van der Waals surface area contributed by atoms with Crippen molar-refractivity contribution in [1.29, 1.82) is 0 Å². The standard InChI is InChI=1S/C27H25NO4/c1-17-4-12-23(25(30)14-17)28(24-13-5-18(2)15-26(24)31)20-7-10-22(11-8-20)32-27-16-21(29)9-6-19(27)3/h4-16,29-31H,1-3H3. The summed E-state index contributed by atoms with van der Waals surface area (Å²) in [5.41, 5.74) is 4.61. The Bertz CT molecular complexity index is 1210. The zero-order valence-corrected chi connectivity index (χ0v) is 18.2. The van der Waals surface area contributed by atoms with E-state index in [9.17, 15) is 15.3 Å². The predicted molar refractivity (Wildman–Crippen MR) is 127 cm³/mol. The molecule has 0 fully saturated rings. The first-order valence-corrected chi connectivity index (χ1v) is 10.3. The maximum Gasteiger partial charge on any atom is 0.139 e. The highest BCUT2D eigenvalue weighted by atomic mass is 16.5. The van der Waals surface area contributed by atoms with Crippen LogP contribution in [0.4, 0.5) is 17.1 Å². The Morgan fingerprint density at radius 2 is 1.19 bits per heavy atom. The zero-order valence-electron chi connectivity index (χ0n) is 18.2. The summed E-state index contributed by atoms with van der Waals surface area (Å²) < 4.78 is 5.94. The first kappa shape index (κ1) is 21.1. The lowest BCUT2D eigenvalue weighted by molar-refractivity contribution is 0.453. The van der Waals surface area contributed by atoms with E-state index in [1.54, 1.807) is 35.2 Å². The fraction of sp³-hybridized carbons (Fsp3) is 0.111. The molecular weight excluding hydrogens is 402 g/mol. The molecule has 0 heterocycles. The third-order valence-corrected chi connectivity index (χ3v) is 5.24. The molecule has 162 valence electrons. The molecule has 32 heavy (non-hydrogen) atoms. The van der Waals surface area contributed by atoms with Gasteiger partial charge in [0.1, 0.15) is 28.7 Å². The summed E-state index contributed by atoms with van der Waals surface area (Å²) in [6.45, 7) is 5.73. The van der Waals surface area contributed by atoms with E-state index in [4.69, 9.17) is 4.74 Å². The smallest absolute Gasteiger partial charge is 0.139 e. The third-order valence-electron chi connectivity index (χ3n) is 5.24. The number of hydrogen-bond acceptors (Lipinski definition) is 5. The number of nitrogens with zero attached hydrogens (tertiary/aromatic N) is 1. The van der Waals surface area contributed by atoms with Crippen molar-refractivity contribution in [3.05, 3.63) is 95.6 Å². The molecule has 0 aliphatic carbocycles. The number of hydrogen-bond donors (Lipinski definition) is 3. The monoisotopic (exact) mass is 427 g/mol. The molecular formula is C27H25NO4. The van der Waals surface area contributed by atoms with Crippen molar-refractivity contribution in [1.82, 2.24) is 0 Å². The van der Waals surface area contributed by atoms with Crippen molar-refractivity contribution in [3.8, 4) is 28.7 Å². The number of rotatable bonds is 5. The molecule has 4 aromatic rings. The molecule has 0 atom stereocenters. The van der Waals surface area contributed by atoms with Crippen LogP contribution in [-0.4, -0.2) is 15.3 Å². The van der Waals surface area contributed by atoms with Crippen LogP contribution in [0.2, 0.25) is 0 Å². The highest BCUT2D eigenvalue weighted by molar-refractivity contribution is 5.83. The Morgan fingerprint density at radius 3 is 1.72 bits per heavy atom. The average Bonchev–Trinajstić information content (AvgIpc) is 2.75. The number of anilines is 3. The van der Waals surface area contributed by atoms with Gasteiger partial charge in [-0.2, -0.15) is 0 Å². The van der Waals surface area contributed by atoms with Crippen LogP contribution >= 0.6 is 0 Å². The zero-order chi connectivity index (χ0) is 22.8. The summed E-state index contributed by atoms with van der Waals surface area (Å²) in [4.78, 5) is 1.80. The second kappa shape index (κ2) is 8.55. The second-order valence-electron chi connectivity index (χ2n) is 7.87. The number of phenols is 3. The average molecular weight is 428 g/mol. The molecule has 5 nitrogen and oxygen atoms in total. The summed E-state index contributed by atoms with van der Waals surface area (Å²) >= 11 is 0. The number of phenolic OH excluding ortho intramolecular Hbond substituents is 3. The van der Waals surface area contributed by atoms with Gasteiger partial charge in [-0.1, -0.05) is 18.2 Å². The van der Waals surface area contributed by atoms with Crippen LogP contribution in [0.5, 0.6) is 28.7 Å². The Morgan fingerprint density at radius 1 is 0.625 bits per heavy atom. The minimum Gasteiger partial charge on any atom is -0.508 e. The summed E-state index contributed by atoms with van der Waals surface area (Å²) in [5, 5.41) is 31.1. The van der Waals surface area contributed by atoms with E-state index in [1.165, 1.54) is 0 Å². The highest BCUT2D eigenvalue weighted by Gasteiger charge is 2.19. The first-order valence-electron chi connectivity index (χ1n) is 10.3. The molecule has 4 aromatic carbocycles. The molecule has 0 amide bonds. The van der Waals surface area contributed by atoms with Crippen LogP contribution in [0.15, 0.2) is 78.9 Å². The molecule has 4 rings (SSSR count). The third kappa shape index (κ3) is 4.32. The minimum absolute atomic E-state index is 0.112. The Hall–Kier alpha value is -4.12. The van der Waals surface area contributed by atoms with E-state index in [1.807, 2.05) is 69.3 Å². The Labute approximate surface area is 187 Å². The molecule has 3 N–H and O–H groups in total. The topological polar surface area (TPSA) is 73.2 Å². The molecule has 0 unspecified atom stereocenters. The minimum atomic E-state index is 0.112. The largest absolute Gasteiger partial charge is 0.508 e. The lowest BCUT2D eigenvalue weighted by Crippen LogP contribution is -2.10. The summed E-state index contributed by atoms with van der Waals surface area (Å²) in [6, 6.07) is 23.2. The van der Waals surface area contributed by atoms with Crippen LogP contribution in [-0.2, 0) is 0 Å². The molecule has 5 heteroatoms. The van der Waals surface area contributed by atoms with Crippen LogP contribution in [0, 0.1) is 20.8 Å². The Kier molecular flexibility index (Phi) is 5.65. The highest BCUT2D eigenvalue weighted by Crippen LogP contribution is 2.44. The maximum absolute atomic E-state index is 10.7. The van der Waals surface area contributed by atoms with E-state index in [2.05, 4.69) is 0 Å². The van der Waals surface area contributed by atoms with Crippen molar-refractivity contribution in [2.75, 3.05) is 4.90 Å². The van der Waals surface area contributed by atoms with Crippen molar-refractivity contribution >= 4 is 17.1 Å². The maximum atomic E-state index is 10.7. The summed E-state index contributed by atoms with van der Waals surface area (Å²) in [5.74, 6) is 1.53. The molecule has 0 aromatic heterocycles. The Balaban J connectivity index is 1.75. The van der Waals surface area contributed by atoms with Crippen molar-refractivity contribution in [2.24, 2.45) is 0 Å². The fourth-order valence-corrected chi connectivity index (χ4v) is 3.54. The van der Waals surface area contributed by atoms with E-state index in [-0.39, 0.29) is 17.2 Å². The lowest BCUT2D eigenvalue weighted by Gasteiger charge is -2.27. The number of ether oxygens (including phenoxy) is 1. The van der Waals surface area contributed by atoms with Crippen LogP contribution in [0.3, 0.4) is 0 Å². The van der Waals surface area contributed by atoms with E-state index >= 15 is 0 Å². The molecule has 0 bridgehead atoms. The van der Waals surface area contributed by atoms with Crippen molar-refractivity contribution in [3.63, 3.8) is 0 Å². The van der Waals surface area contributed by atoms with Gasteiger partial charge < -0.3 is 25.0 Å². The number of benzene rings is 4. The molecule has 0 saturated heterocycles. The van der Waals surface area contributed by atoms with Gasteiger partial charge in [-0.05, 0) is 92.1 Å². The molecule has 0 saturated carbocycles. The van der Waals surface area contributed by atoms with E-state index < -0.39 is 0 Å². The van der Waals surface area contributed by atoms with Gasteiger partial charge in [-0.25, -0.2) is 0 Å². The molecule has 0 spiro atoms. The van der Waals surface area contributed by atoms with Gasteiger partial charge in [-0.15, -0.1) is 0 Å². The van der Waals surface area contributed by atoms with Gasteiger partial charge in [0.15, 0.2) is 0 Å². The molecule has 0 aliphatic heterocycles. The van der Waals surface area contributed by atoms with Gasteiger partial charge >= 0.3 is 0 Å². The van der Waals surface area contributed by atoms with E-state index in [0.717, 1.165) is 22.4 Å². The van der Waals surface area contributed by atoms with Gasteiger partial charge in [0.05, 0.1) is 11.4 Å². The summed E-state index contributed by atoms with van der Waals surface area (Å²) in [6.07, 6.45) is 0. The van der Waals surface area contributed by atoms with Gasteiger partial charge in [0, 0.05) is 11.8 Å². The summed E-state index contributed by atoms with van der Waals surface area (Å²) in [7, 11) is 0. The van der Waals surface area contributed by atoms with Crippen LogP contribution in [0.1, 0.15) is 16.7 Å². The van der Waals surface area contributed by atoms with Crippen LogP contribution < -0.4 is 9.64 Å². The second-order valence-corrected chi connectivity index (χ2v) is 7.87. The van der Waals surface area contributed by atoms with Gasteiger partial charge in [-0.3, -0.25) is 0 Å². The molecule has 0 aliphatic rings. The SMILES string of the molecule is Cc1ccc(N(c2ccc(Oc3cc(O)ccc3C)cc2)c2ccc(C)cc2O)c(O)c1. The lowest BCUT2D eigenvalue weighted by atomic mass is 10.1. The normalized spacial score (nSPS) is 10.7. The van der Waals surface area contributed by atoms with Gasteiger partial charge in [0.25, 0.3) is 0 Å².